The molecule has 0 saturated heterocycles. The Kier molecular flexibility index (Phi) is 9.13. The van der Waals surface area contributed by atoms with Crippen LogP contribution in [-0.4, -0.2) is 39.7 Å². The Morgan fingerprint density at radius 2 is 1.59 bits per heavy atom. The number of benzene rings is 2. The van der Waals surface area contributed by atoms with Gasteiger partial charge in [0.15, 0.2) is 0 Å². The number of hydrogen-bond donors (Lipinski definition) is 4. The van der Waals surface area contributed by atoms with Gasteiger partial charge in [-0.05, 0) is 79.7 Å². The van der Waals surface area contributed by atoms with Gasteiger partial charge in [-0.2, -0.15) is 13.2 Å². The zero-order valence-corrected chi connectivity index (χ0v) is 24.8. The molecule has 10 heteroatoms. The van der Waals surface area contributed by atoms with Gasteiger partial charge in [0, 0.05) is 36.2 Å². The van der Waals surface area contributed by atoms with E-state index in [-0.39, 0.29) is 17.9 Å². The first-order valence-corrected chi connectivity index (χ1v) is 15.1. The highest BCUT2D eigenvalue weighted by atomic mass is 19.4. The fourth-order valence-electron chi connectivity index (χ4n) is 6.63. The van der Waals surface area contributed by atoms with Crippen molar-refractivity contribution in [1.82, 2.24) is 10.3 Å². The number of anilines is 1. The molecule has 0 radical (unpaired) electrons. The third kappa shape index (κ3) is 8.04. The summed E-state index contributed by atoms with van der Waals surface area (Å²) in [4.78, 5) is 29.4. The summed E-state index contributed by atoms with van der Waals surface area (Å²) in [5, 5.41) is 15.8. The molecule has 234 valence electrons. The number of nitrogens with two attached hydrogens (primary N) is 1. The van der Waals surface area contributed by atoms with E-state index in [2.05, 4.69) is 15.6 Å². The van der Waals surface area contributed by atoms with Gasteiger partial charge in [-0.1, -0.05) is 54.6 Å². The van der Waals surface area contributed by atoms with Gasteiger partial charge in [-0.3, -0.25) is 9.59 Å². The molecule has 44 heavy (non-hydrogen) atoms. The minimum Gasteiger partial charge on any atom is -0.390 e. The molecule has 2 amide bonds. The van der Waals surface area contributed by atoms with Crippen molar-refractivity contribution in [3.05, 3.63) is 72.4 Å². The molecule has 0 aliphatic heterocycles. The van der Waals surface area contributed by atoms with Crippen LogP contribution in [0.15, 0.2) is 66.9 Å². The number of hydrogen-bond acceptors (Lipinski definition) is 5. The molecule has 2 saturated carbocycles. The Hall–Kier alpha value is -3.76. The number of nitrogens with zero attached hydrogens (tertiary/aromatic N) is 1. The highest BCUT2D eigenvalue weighted by Gasteiger charge is 2.49. The smallest absolute Gasteiger partial charge is 0.389 e. The van der Waals surface area contributed by atoms with Gasteiger partial charge in [0.25, 0.3) is 0 Å². The third-order valence-electron chi connectivity index (χ3n) is 8.74. The van der Waals surface area contributed by atoms with Crippen molar-refractivity contribution in [3.8, 4) is 22.3 Å². The molecular weight excluding hydrogens is 569 g/mol. The van der Waals surface area contributed by atoms with E-state index in [1.165, 1.54) is 0 Å². The molecule has 2 aliphatic rings. The van der Waals surface area contributed by atoms with Crippen LogP contribution in [0.4, 0.5) is 19.0 Å². The summed E-state index contributed by atoms with van der Waals surface area (Å²) in [5.41, 5.74) is 9.98. The number of rotatable bonds is 9. The van der Waals surface area contributed by atoms with Crippen molar-refractivity contribution in [2.45, 2.75) is 88.1 Å². The Balaban J connectivity index is 1.21. The molecule has 0 atom stereocenters. The first kappa shape index (κ1) is 31.7. The molecule has 1 aromatic heterocycles. The van der Waals surface area contributed by atoms with Crippen LogP contribution in [-0.2, 0) is 15.1 Å². The molecule has 0 unspecified atom stereocenters. The van der Waals surface area contributed by atoms with E-state index in [1.54, 1.807) is 13.1 Å². The Morgan fingerprint density at radius 3 is 2.20 bits per heavy atom. The van der Waals surface area contributed by atoms with Crippen LogP contribution < -0.4 is 16.4 Å². The largest absolute Gasteiger partial charge is 0.390 e. The number of aromatic nitrogens is 1. The number of carbonyl (C=O) groups excluding carboxylic acids is 2. The minimum atomic E-state index is -4.35. The van der Waals surface area contributed by atoms with Crippen LogP contribution in [0.2, 0.25) is 0 Å². The summed E-state index contributed by atoms with van der Waals surface area (Å²) in [6.07, 6.45) is -0.294. The average molecular weight is 609 g/mol. The second kappa shape index (κ2) is 12.7. The molecule has 0 bridgehead atoms. The molecule has 2 aromatic carbocycles. The van der Waals surface area contributed by atoms with Gasteiger partial charge in [-0.15, -0.1) is 0 Å². The maximum Gasteiger partial charge on any atom is 0.389 e. The number of amides is 2. The molecule has 5 N–H and O–H groups in total. The molecule has 2 fully saturated rings. The van der Waals surface area contributed by atoms with E-state index in [9.17, 15) is 27.9 Å². The van der Waals surface area contributed by atoms with Crippen LogP contribution in [0.25, 0.3) is 22.3 Å². The van der Waals surface area contributed by atoms with E-state index in [0.29, 0.717) is 50.8 Å². The molecule has 3 aromatic rings. The highest BCUT2D eigenvalue weighted by Crippen LogP contribution is 2.46. The Bertz CT molecular complexity index is 1460. The number of nitrogens with one attached hydrogen (secondary N) is 2. The zero-order chi connectivity index (χ0) is 31.5. The maximum atomic E-state index is 13.0. The lowest BCUT2D eigenvalue weighted by atomic mass is 9.63. The van der Waals surface area contributed by atoms with Gasteiger partial charge in [-0.25, -0.2) is 4.98 Å². The van der Waals surface area contributed by atoms with E-state index in [0.717, 1.165) is 27.8 Å². The molecule has 7 nitrogen and oxygen atoms in total. The number of carbonyl (C=O) groups is 2. The lowest BCUT2D eigenvalue weighted by Crippen LogP contribution is -2.58. The first-order valence-electron chi connectivity index (χ1n) is 15.1. The lowest BCUT2D eigenvalue weighted by molar-refractivity contribution is -0.144. The summed E-state index contributed by atoms with van der Waals surface area (Å²) in [6.45, 7) is 1.80. The van der Waals surface area contributed by atoms with E-state index < -0.39 is 36.1 Å². The number of halogens is 3. The van der Waals surface area contributed by atoms with E-state index >= 15 is 0 Å². The van der Waals surface area contributed by atoms with Crippen LogP contribution in [0.1, 0.15) is 70.3 Å². The van der Waals surface area contributed by atoms with Crippen molar-refractivity contribution >= 4 is 17.6 Å². The zero-order valence-electron chi connectivity index (χ0n) is 24.8. The van der Waals surface area contributed by atoms with Crippen molar-refractivity contribution < 1.29 is 27.9 Å². The summed E-state index contributed by atoms with van der Waals surface area (Å²) in [7, 11) is 0. The van der Waals surface area contributed by atoms with Gasteiger partial charge < -0.3 is 21.5 Å². The molecule has 2 aliphatic carbocycles. The van der Waals surface area contributed by atoms with Crippen molar-refractivity contribution in [2.24, 2.45) is 11.7 Å². The SMILES string of the molecule is CC1(O)CC(N)(c2ccc(-c3cnc(NC(=O)CC4CCC(NC(=O)CCC(F)(F)F)CC4)cc3-c3ccccc3)cc2)C1. The maximum absolute atomic E-state index is 13.0. The van der Waals surface area contributed by atoms with Crippen LogP contribution >= 0.6 is 0 Å². The Labute approximate surface area is 255 Å². The number of alkyl halides is 3. The Morgan fingerprint density at radius 1 is 0.955 bits per heavy atom. The van der Waals surface area contributed by atoms with Crippen molar-refractivity contribution in [3.63, 3.8) is 0 Å². The minimum absolute atomic E-state index is 0.120. The van der Waals surface area contributed by atoms with Crippen molar-refractivity contribution in [1.29, 1.82) is 0 Å². The molecule has 1 heterocycles. The van der Waals surface area contributed by atoms with Gasteiger partial charge in [0.1, 0.15) is 5.82 Å². The summed E-state index contributed by atoms with van der Waals surface area (Å²) >= 11 is 0. The first-order chi connectivity index (χ1) is 20.8. The third-order valence-corrected chi connectivity index (χ3v) is 8.74. The quantitative estimate of drug-likeness (QED) is 0.222. The molecular formula is C34H39F3N4O3. The predicted molar refractivity (Wildman–Crippen MR) is 163 cm³/mol. The van der Waals surface area contributed by atoms with Crippen LogP contribution in [0.5, 0.6) is 0 Å². The fourth-order valence-corrected chi connectivity index (χ4v) is 6.63. The summed E-state index contributed by atoms with van der Waals surface area (Å²) < 4.78 is 37.1. The average Bonchev–Trinajstić information content (AvgIpc) is 2.96. The highest BCUT2D eigenvalue weighted by molar-refractivity contribution is 5.92. The van der Waals surface area contributed by atoms with E-state index in [4.69, 9.17) is 5.73 Å². The number of pyridine rings is 1. The van der Waals surface area contributed by atoms with Crippen molar-refractivity contribution in [2.75, 3.05) is 5.32 Å². The lowest BCUT2D eigenvalue weighted by Gasteiger charge is -2.49. The van der Waals surface area contributed by atoms with Gasteiger partial charge in [0.2, 0.25) is 11.8 Å². The fraction of sp³-hybridized carbons (Fsp3) is 0.441. The van der Waals surface area contributed by atoms with Crippen LogP contribution in [0.3, 0.4) is 0 Å². The van der Waals surface area contributed by atoms with Crippen LogP contribution in [0, 0.1) is 5.92 Å². The number of aliphatic hydroxyl groups is 1. The normalized spacial score (nSPS) is 25.1. The summed E-state index contributed by atoms with van der Waals surface area (Å²) in [5.74, 6) is -0.178. The monoisotopic (exact) mass is 608 g/mol. The van der Waals surface area contributed by atoms with E-state index in [1.807, 2.05) is 60.7 Å². The second-order valence-electron chi connectivity index (χ2n) is 12.7. The molecule has 5 rings (SSSR count). The second-order valence-corrected chi connectivity index (χ2v) is 12.7. The summed E-state index contributed by atoms with van der Waals surface area (Å²) in [6, 6.07) is 19.6. The van der Waals surface area contributed by atoms with Gasteiger partial charge >= 0.3 is 6.18 Å². The topological polar surface area (TPSA) is 117 Å². The predicted octanol–water partition coefficient (Wildman–Crippen LogP) is 6.46. The molecule has 0 spiro atoms. The van der Waals surface area contributed by atoms with Gasteiger partial charge in [0.05, 0.1) is 12.0 Å². The standard InChI is InChI=1S/C34H39F3N4O3/c1-32(44)20-33(38,21-32)25-11-9-24(10-12-25)28-19-39-29(18-27(28)23-5-3-2-4-6-23)41-31(43)17-22-7-13-26(14-8-22)40-30(42)15-16-34(35,36)37/h2-6,9-12,18-19,22,26,44H,7-8,13-17,20-21,38H2,1H3,(H,40,42)(H,39,41,43).